The maximum atomic E-state index is 9.03. The van der Waals surface area contributed by atoms with Crippen LogP contribution in [0.25, 0.3) is 0 Å². The molecule has 0 saturated carbocycles. The fourth-order valence-corrected chi connectivity index (χ4v) is 2.15. The largest absolute Gasteiger partial charge is 0.350 e. The minimum atomic E-state index is 0.289. The number of rotatable bonds is 2. The Bertz CT molecular complexity index is 398. The van der Waals surface area contributed by atoms with Crippen LogP contribution in [0.4, 0.5) is 5.82 Å². The Morgan fingerprint density at radius 2 is 2.44 bits per heavy atom. The van der Waals surface area contributed by atoms with E-state index in [-0.39, 0.29) is 6.04 Å². The summed E-state index contributed by atoms with van der Waals surface area (Å²) in [5.74, 6) is 0.681. The van der Waals surface area contributed by atoms with Gasteiger partial charge in [-0.2, -0.15) is 10.4 Å². The summed E-state index contributed by atoms with van der Waals surface area (Å²) in [4.78, 5) is 2.12. The Morgan fingerprint density at radius 3 is 3.19 bits per heavy atom. The van der Waals surface area contributed by atoms with Crippen LogP contribution in [0.5, 0.6) is 0 Å². The van der Waals surface area contributed by atoms with Gasteiger partial charge in [0, 0.05) is 19.1 Å². The van der Waals surface area contributed by atoms with Gasteiger partial charge in [-0.1, -0.05) is 0 Å². The predicted octanol–water partition coefficient (Wildman–Crippen LogP) is 0.666. The Balaban J connectivity index is 2.31. The molecule has 1 aromatic rings. The molecular weight excluding hydrogens is 202 g/mol. The zero-order valence-corrected chi connectivity index (χ0v) is 9.13. The number of piperidine rings is 1. The highest BCUT2D eigenvalue weighted by atomic mass is 15.3. The van der Waals surface area contributed by atoms with Crippen molar-refractivity contribution in [2.24, 2.45) is 5.73 Å². The molecule has 1 aromatic heterocycles. The number of hydrogen-bond acceptors (Lipinski definition) is 5. The summed E-state index contributed by atoms with van der Waals surface area (Å²) in [5.41, 5.74) is 6.33. The Kier molecular flexibility index (Phi) is 3.32. The number of anilines is 1. The highest BCUT2D eigenvalue weighted by Crippen LogP contribution is 2.24. The number of nitriles is 1. The minimum absolute atomic E-state index is 0.289. The van der Waals surface area contributed by atoms with Crippen LogP contribution in [-0.2, 0) is 0 Å². The van der Waals surface area contributed by atoms with Gasteiger partial charge in [-0.25, -0.2) is 0 Å². The fraction of sp³-hybridized carbons (Fsp3) is 0.545. The molecule has 1 aliphatic rings. The Labute approximate surface area is 94.9 Å². The molecule has 0 spiro atoms. The summed E-state index contributed by atoms with van der Waals surface area (Å²) < 4.78 is 0. The molecule has 2 rings (SSSR count). The maximum absolute atomic E-state index is 9.03. The molecule has 0 aromatic carbocycles. The first-order valence-corrected chi connectivity index (χ1v) is 5.55. The second kappa shape index (κ2) is 4.90. The van der Waals surface area contributed by atoms with Crippen LogP contribution in [0.1, 0.15) is 24.8 Å². The van der Waals surface area contributed by atoms with Crippen molar-refractivity contribution in [1.82, 2.24) is 10.2 Å². The quantitative estimate of drug-likeness (QED) is 0.787. The first-order chi connectivity index (χ1) is 7.86. The summed E-state index contributed by atoms with van der Waals surface area (Å²) in [6.07, 6.45) is 4.93. The van der Waals surface area contributed by atoms with Crippen molar-refractivity contribution >= 4 is 5.82 Å². The second-order valence-corrected chi connectivity index (χ2v) is 3.96. The van der Waals surface area contributed by atoms with E-state index in [1.54, 1.807) is 12.3 Å². The van der Waals surface area contributed by atoms with Crippen molar-refractivity contribution in [3.8, 4) is 6.07 Å². The molecule has 1 atom stereocenters. The number of nitrogens with zero attached hydrogens (tertiary/aromatic N) is 4. The molecular formula is C11H15N5. The van der Waals surface area contributed by atoms with E-state index in [2.05, 4.69) is 21.2 Å². The van der Waals surface area contributed by atoms with Gasteiger partial charge in [0.05, 0.1) is 11.8 Å². The van der Waals surface area contributed by atoms with Crippen LogP contribution >= 0.6 is 0 Å². The van der Waals surface area contributed by atoms with Crippen LogP contribution in [0.15, 0.2) is 12.3 Å². The average Bonchev–Trinajstić information content (AvgIpc) is 2.38. The molecule has 0 amide bonds. The van der Waals surface area contributed by atoms with E-state index in [0.717, 1.165) is 19.4 Å². The van der Waals surface area contributed by atoms with Gasteiger partial charge in [0.25, 0.3) is 0 Å². The summed E-state index contributed by atoms with van der Waals surface area (Å²) in [5, 5.41) is 17.0. The molecule has 84 valence electrons. The molecule has 1 fully saturated rings. The van der Waals surface area contributed by atoms with Gasteiger partial charge in [-0.15, -0.1) is 5.10 Å². The number of hydrogen-bond donors (Lipinski definition) is 1. The lowest BCUT2D eigenvalue weighted by Gasteiger charge is -2.35. The van der Waals surface area contributed by atoms with E-state index in [0.29, 0.717) is 17.9 Å². The zero-order valence-electron chi connectivity index (χ0n) is 9.13. The van der Waals surface area contributed by atoms with Crippen LogP contribution in [-0.4, -0.2) is 29.3 Å². The highest BCUT2D eigenvalue weighted by Gasteiger charge is 2.24. The average molecular weight is 217 g/mol. The van der Waals surface area contributed by atoms with Crippen LogP contribution in [0.3, 0.4) is 0 Å². The molecule has 1 saturated heterocycles. The first-order valence-electron chi connectivity index (χ1n) is 5.55. The van der Waals surface area contributed by atoms with Crippen molar-refractivity contribution in [3.63, 3.8) is 0 Å². The van der Waals surface area contributed by atoms with Gasteiger partial charge in [0.15, 0.2) is 5.82 Å². The third kappa shape index (κ3) is 1.97. The maximum Gasteiger partial charge on any atom is 0.169 e. The third-order valence-electron chi connectivity index (χ3n) is 2.99. The smallest absolute Gasteiger partial charge is 0.169 e. The molecule has 0 radical (unpaired) electrons. The highest BCUT2D eigenvalue weighted by molar-refractivity contribution is 5.53. The number of aromatic nitrogens is 2. The van der Waals surface area contributed by atoms with Gasteiger partial charge in [-0.05, 0) is 25.3 Å². The summed E-state index contributed by atoms with van der Waals surface area (Å²) in [6.45, 7) is 1.51. The lowest BCUT2D eigenvalue weighted by Crippen LogP contribution is -2.45. The zero-order chi connectivity index (χ0) is 11.4. The third-order valence-corrected chi connectivity index (χ3v) is 2.99. The van der Waals surface area contributed by atoms with Crippen LogP contribution in [0, 0.1) is 11.3 Å². The molecule has 5 nitrogen and oxygen atoms in total. The van der Waals surface area contributed by atoms with E-state index in [4.69, 9.17) is 11.0 Å². The van der Waals surface area contributed by atoms with Crippen molar-refractivity contribution in [2.75, 3.05) is 18.0 Å². The van der Waals surface area contributed by atoms with Crippen molar-refractivity contribution < 1.29 is 0 Å². The van der Waals surface area contributed by atoms with Gasteiger partial charge in [0.2, 0.25) is 0 Å². The monoisotopic (exact) mass is 217 g/mol. The standard InChI is InChI=1S/C11H15N5/c12-7-9-4-5-14-15-11(9)16-6-2-1-3-10(16)8-13/h4-5,10H,1-3,6,8,13H2. The van der Waals surface area contributed by atoms with Crippen molar-refractivity contribution in [3.05, 3.63) is 17.8 Å². The molecule has 5 heteroatoms. The molecule has 0 bridgehead atoms. The topological polar surface area (TPSA) is 78.8 Å². The Morgan fingerprint density at radius 1 is 1.56 bits per heavy atom. The van der Waals surface area contributed by atoms with Gasteiger partial charge in [0.1, 0.15) is 6.07 Å². The molecule has 0 aliphatic carbocycles. The molecule has 1 unspecified atom stereocenters. The lowest BCUT2D eigenvalue weighted by molar-refractivity contribution is 0.460. The molecule has 16 heavy (non-hydrogen) atoms. The second-order valence-electron chi connectivity index (χ2n) is 3.96. The van der Waals surface area contributed by atoms with Gasteiger partial charge in [-0.3, -0.25) is 0 Å². The summed E-state index contributed by atoms with van der Waals surface area (Å²) in [6, 6.07) is 4.14. The Hall–Kier alpha value is -1.67. The van der Waals surface area contributed by atoms with Crippen LogP contribution < -0.4 is 10.6 Å². The van der Waals surface area contributed by atoms with E-state index >= 15 is 0 Å². The predicted molar refractivity (Wildman–Crippen MR) is 60.8 cm³/mol. The van der Waals surface area contributed by atoms with Crippen molar-refractivity contribution in [2.45, 2.75) is 25.3 Å². The van der Waals surface area contributed by atoms with E-state index in [1.165, 1.54) is 6.42 Å². The first kappa shape index (κ1) is 10.8. The molecule has 2 heterocycles. The minimum Gasteiger partial charge on any atom is -0.350 e. The van der Waals surface area contributed by atoms with E-state index in [9.17, 15) is 0 Å². The molecule has 2 N–H and O–H groups in total. The lowest BCUT2D eigenvalue weighted by atomic mass is 10.0. The summed E-state index contributed by atoms with van der Waals surface area (Å²) >= 11 is 0. The SMILES string of the molecule is N#Cc1ccnnc1N1CCCCC1CN. The van der Waals surface area contributed by atoms with Gasteiger partial charge >= 0.3 is 0 Å². The van der Waals surface area contributed by atoms with E-state index < -0.39 is 0 Å². The molecule has 1 aliphatic heterocycles. The summed E-state index contributed by atoms with van der Waals surface area (Å²) in [7, 11) is 0. The number of nitrogens with two attached hydrogens (primary N) is 1. The van der Waals surface area contributed by atoms with Crippen molar-refractivity contribution in [1.29, 1.82) is 5.26 Å². The fourth-order valence-electron chi connectivity index (χ4n) is 2.15. The van der Waals surface area contributed by atoms with Gasteiger partial charge < -0.3 is 10.6 Å². The van der Waals surface area contributed by atoms with E-state index in [1.807, 2.05) is 0 Å². The van der Waals surface area contributed by atoms with Crippen LogP contribution in [0.2, 0.25) is 0 Å². The normalized spacial score (nSPS) is 20.5.